The van der Waals surface area contributed by atoms with E-state index in [0.29, 0.717) is 19.8 Å². The van der Waals surface area contributed by atoms with Gasteiger partial charge >= 0.3 is 11.9 Å². The summed E-state index contributed by atoms with van der Waals surface area (Å²) in [6, 6.07) is -0.632. The molecule has 0 aromatic carbocycles. The summed E-state index contributed by atoms with van der Waals surface area (Å²) in [5.41, 5.74) is 5.14. The predicted octanol–water partition coefficient (Wildman–Crippen LogP) is -2.05. The van der Waals surface area contributed by atoms with Crippen LogP contribution in [0.2, 0.25) is 0 Å². The number of carbonyl (C=O) groups is 5. The Bertz CT molecular complexity index is 828. The second-order valence-corrected chi connectivity index (χ2v) is 9.06. The lowest BCUT2D eigenvalue weighted by Crippen LogP contribution is -2.62. The molecule has 0 bridgehead atoms. The highest BCUT2D eigenvalue weighted by Crippen LogP contribution is 2.29. The van der Waals surface area contributed by atoms with Crippen molar-refractivity contribution in [1.29, 1.82) is 0 Å². The van der Waals surface area contributed by atoms with Gasteiger partial charge < -0.3 is 54.8 Å². The van der Waals surface area contributed by atoms with Crippen LogP contribution >= 0.6 is 0 Å². The second-order valence-electron chi connectivity index (χ2n) is 9.06. The van der Waals surface area contributed by atoms with Gasteiger partial charge in [0.25, 0.3) is 0 Å². The highest BCUT2D eigenvalue weighted by atomic mass is 16.7. The van der Waals surface area contributed by atoms with Gasteiger partial charge in [0.15, 0.2) is 6.29 Å². The molecule has 16 heteroatoms. The minimum atomic E-state index is -0.903. The predicted molar refractivity (Wildman–Crippen MR) is 141 cm³/mol. The number of hydrogen-bond donors (Lipinski definition) is 4. The number of ether oxygens (including phenoxy) is 7. The zero-order valence-electron chi connectivity index (χ0n) is 24.1. The van der Waals surface area contributed by atoms with E-state index in [2.05, 4.69) is 16.0 Å². The van der Waals surface area contributed by atoms with E-state index in [1.165, 1.54) is 20.8 Å². The van der Waals surface area contributed by atoms with Crippen molar-refractivity contribution < 1.29 is 57.1 Å². The molecule has 236 valence electrons. The fraction of sp³-hybridized carbons (Fsp3) is 0.800. The molecule has 0 aromatic heterocycles. The average Bonchev–Trinajstić information content (AvgIpc) is 2.91. The van der Waals surface area contributed by atoms with Gasteiger partial charge in [-0.1, -0.05) is 6.92 Å². The zero-order chi connectivity index (χ0) is 30.6. The molecule has 0 spiro atoms. The summed E-state index contributed by atoms with van der Waals surface area (Å²) in [6.45, 7) is 7.03. The average molecular weight is 593 g/mol. The van der Waals surface area contributed by atoms with Crippen molar-refractivity contribution in [3.8, 4) is 0 Å². The molecule has 41 heavy (non-hydrogen) atoms. The van der Waals surface area contributed by atoms with E-state index in [0.717, 1.165) is 0 Å². The van der Waals surface area contributed by atoms with Gasteiger partial charge in [-0.15, -0.1) is 0 Å². The van der Waals surface area contributed by atoms with Crippen molar-refractivity contribution >= 4 is 29.7 Å². The van der Waals surface area contributed by atoms with Crippen LogP contribution in [0.4, 0.5) is 0 Å². The van der Waals surface area contributed by atoms with Gasteiger partial charge in [0.2, 0.25) is 17.7 Å². The van der Waals surface area contributed by atoms with Crippen molar-refractivity contribution in [2.45, 2.75) is 58.7 Å². The van der Waals surface area contributed by atoms with Crippen LogP contribution in [0.5, 0.6) is 0 Å². The van der Waals surface area contributed by atoms with Crippen LogP contribution in [-0.2, 0) is 57.1 Å². The molecule has 1 saturated heterocycles. The van der Waals surface area contributed by atoms with E-state index >= 15 is 0 Å². The lowest BCUT2D eigenvalue weighted by atomic mass is 9.88. The summed E-state index contributed by atoms with van der Waals surface area (Å²) in [4.78, 5) is 57.4. The van der Waals surface area contributed by atoms with Crippen LogP contribution in [0.3, 0.4) is 0 Å². The third-order valence-electron chi connectivity index (χ3n) is 5.66. The highest BCUT2D eigenvalue weighted by molar-refractivity contribution is 5.77. The van der Waals surface area contributed by atoms with Crippen LogP contribution in [0.1, 0.15) is 34.1 Å². The Balaban J connectivity index is 2.30. The molecular weight excluding hydrogens is 548 g/mol. The molecule has 2 unspecified atom stereocenters. The van der Waals surface area contributed by atoms with E-state index in [1.807, 2.05) is 0 Å². The summed E-state index contributed by atoms with van der Waals surface area (Å²) in [7, 11) is 0. The standard InChI is InChI=1S/C25H44N4O12/c1-16-23(29-17(2)30)25(41-20(14-39-18(3)31)24(16)40-19(4)32)38-12-11-36-10-9-35-8-6-27-21(33)5-7-37-15-28-22(34)13-26/h16,20,23-25H,5-15,26H2,1-4H3,(H,27,33)(H,28,34)(H,29,30)/t16-,20?,23+,24-,25?/m1/s1. The minimum Gasteiger partial charge on any atom is -0.463 e. The molecule has 1 aliphatic heterocycles. The van der Waals surface area contributed by atoms with Gasteiger partial charge in [-0.05, 0) is 0 Å². The summed E-state index contributed by atoms with van der Waals surface area (Å²) >= 11 is 0. The first-order valence-electron chi connectivity index (χ1n) is 13.4. The number of nitrogens with one attached hydrogen (secondary N) is 3. The smallest absolute Gasteiger partial charge is 0.303 e. The monoisotopic (exact) mass is 592 g/mol. The maximum Gasteiger partial charge on any atom is 0.303 e. The molecular formula is C25H44N4O12. The normalized spacial score (nSPS) is 21.9. The van der Waals surface area contributed by atoms with Gasteiger partial charge in [-0.25, -0.2) is 0 Å². The third kappa shape index (κ3) is 16.2. The third-order valence-corrected chi connectivity index (χ3v) is 5.66. The van der Waals surface area contributed by atoms with Gasteiger partial charge in [0.1, 0.15) is 25.5 Å². The van der Waals surface area contributed by atoms with Crippen molar-refractivity contribution in [3.05, 3.63) is 0 Å². The van der Waals surface area contributed by atoms with Gasteiger partial charge in [0.05, 0.1) is 58.6 Å². The lowest BCUT2D eigenvalue weighted by molar-refractivity contribution is -0.264. The molecule has 1 fully saturated rings. The number of hydrogen-bond acceptors (Lipinski definition) is 13. The van der Waals surface area contributed by atoms with Crippen molar-refractivity contribution in [2.24, 2.45) is 11.7 Å². The van der Waals surface area contributed by atoms with E-state index in [-0.39, 0.29) is 70.5 Å². The van der Waals surface area contributed by atoms with Gasteiger partial charge in [-0.3, -0.25) is 24.0 Å². The molecule has 1 aliphatic rings. The number of amides is 3. The molecule has 0 aromatic rings. The Kier molecular flexibility index (Phi) is 18.4. The largest absolute Gasteiger partial charge is 0.463 e. The molecule has 1 rings (SSSR count). The van der Waals surface area contributed by atoms with Gasteiger partial charge in [-0.2, -0.15) is 0 Å². The van der Waals surface area contributed by atoms with E-state index < -0.39 is 42.4 Å². The zero-order valence-corrected chi connectivity index (χ0v) is 24.1. The number of carbonyl (C=O) groups excluding carboxylic acids is 5. The first kappa shape index (κ1) is 36.1. The molecule has 0 radical (unpaired) electrons. The Labute approximate surface area is 239 Å². The summed E-state index contributed by atoms with van der Waals surface area (Å²) in [5.74, 6) is -2.32. The Morgan fingerprint density at radius 3 is 2.15 bits per heavy atom. The Morgan fingerprint density at radius 2 is 1.51 bits per heavy atom. The Morgan fingerprint density at radius 1 is 0.829 bits per heavy atom. The van der Waals surface area contributed by atoms with Crippen LogP contribution in [0, 0.1) is 5.92 Å². The molecule has 0 aliphatic carbocycles. The van der Waals surface area contributed by atoms with Crippen molar-refractivity contribution in [3.63, 3.8) is 0 Å². The number of nitrogens with two attached hydrogens (primary N) is 1. The van der Waals surface area contributed by atoms with Crippen molar-refractivity contribution in [1.82, 2.24) is 16.0 Å². The number of rotatable bonds is 20. The maximum absolute atomic E-state index is 11.8. The molecule has 0 saturated carbocycles. The minimum absolute atomic E-state index is 0.00664. The molecule has 5 atom stereocenters. The first-order valence-corrected chi connectivity index (χ1v) is 13.4. The summed E-state index contributed by atoms with van der Waals surface area (Å²) in [5, 5.41) is 7.89. The summed E-state index contributed by atoms with van der Waals surface area (Å²) < 4.78 is 38.3. The molecule has 3 amide bonds. The van der Waals surface area contributed by atoms with Crippen LogP contribution < -0.4 is 21.7 Å². The van der Waals surface area contributed by atoms with Crippen LogP contribution in [-0.4, -0.2) is 120 Å². The molecule has 5 N–H and O–H groups in total. The Hall–Kier alpha value is -2.89. The fourth-order valence-electron chi connectivity index (χ4n) is 3.75. The van der Waals surface area contributed by atoms with Crippen LogP contribution in [0.25, 0.3) is 0 Å². The molecule has 1 heterocycles. The van der Waals surface area contributed by atoms with Crippen molar-refractivity contribution in [2.75, 3.05) is 66.1 Å². The van der Waals surface area contributed by atoms with Gasteiger partial charge in [0, 0.05) is 33.2 Å². The van der Waals surface area contributed by atoms with E-state index in [1.54, 1.807) is 6.92 Å². The van der Waals surface area contributed by atoms with E-state index in [4.69, 9.17) is 38.9 Å². The SMILES string of the molecule is CC(=O)N[C@@H]1C(OCCOCCOCCNC(=O)CCOCNC(=O)CN)OC(COC(C)=O)[C@H](OC(C)=O)[C@@H]1C. The van der Waals surface area contributed by atoms with Crippen LogP contribution in [0.15, 0.2) is 0 Å². The first-order chi connectivity index (χ1) is 19.5. The highest BCUT2D eigenvalue weighted by Gasteiger charge is 2.47. The topological polar surface area (TPSA) is 212 Å². The van der Waals surface area contributed by atoms with E-state index in [9.17, 15) is 24.0 Å². The molecule has 16 nitrogen and oxygen atoms in total. The lowest BCUT2D eigenvalue weighted by Gasteiger charge is -2.44. The number of esters is 2. The maximum atomic E-state index is 11.8. The second kappa shape index (κ2) is 20.9. The fourth-order valence-corrected chi connectivity index (χ4v) is 3.75. The summed E-state index contributed by atoms with van der Waals surface area (Å²) in [6.07, 6.45) is -2.33. The quantitative estimate of drug-likeness (QED) is 0.0682.